The van der Waals surface area contributed by atoms with Gasteiger partial charge < -0.3 is 24.7 Å². The maximum absolute atomic E-state index is 12.9. The lowest BCUT2D eigenvalue weighted by Gasteiger charge is -2.14. The first-order valence-electron chi connectivity index (χ1n) is 11.2. The number of para-hydroxylation sites is 1. The molecule has 1 amide bonds. The van der Waals surface area contributed by atoms with Crippen LogP contribution in [0.3, 0.4) is 0 Å². The fourth-order valence-corrected chi connectivity index (χ4v) is 4.95. The Morgan fingerprint density at radius 1 is 1.12 bits per heavy atom. The molecule has 1 unspecified atom stereocenters. The van der Waals surface area contributed by atoms with Gasteiger partial charge in [-0.1, -0.05) is 18.2 Å². The summed E-state index contributed by atoms with van der Waals surface area (Å²) >= 11 is 1.63. The minimum atomic E-state index is -0.132. The molecule has 2 aromatic heterocycles. The second-order valence-corrected chi connectivity index (χ2v) is 9.21. The monoisotopic (exact) mass is 497 g/mol. The Bertz CT molecular complexity index is 1250. The molecule has 1 saturated heterocycles. The number of aryl methyl sites for hydroxylation is 1. The van der Waals surface area contributed by atoms with Crippen LogP contribution in [0.5, 0.6) is 11.5 Å². The van der Waals surface area contributed by atoms with E-state index in [0.29, 0.717) is 18.2 Å². The van der Waals surface area contributed by atoms with E-state index >= 15 is 0 Å². The first-order chi connectivity index (χ1) is 16.2. The van der Waals surface area contributed by atoms with E-state index in [0.717, 1.165) is 52.7 Å². The van der Waals surface area contributed by atoms with Crippen molar-refractivity contribution in [1.29, 1.82) is 0 Å². The lowest BCUT2D eigenvalue weighted by molar-refractivity contribution is 0.101. The predicted octanol–water partition coefficient (Wildman–Crippen LogP) is 5.48. The third-order valence-corrected chi connectivity index (χ3v) is 7.00. The van der Waals surface area contributed by atoms with E-state index in [1.54, 1.807) is 11.3 Å². The molecule has 0 aliphatic carbocycles. The number of thiophene rings is 1. The van der Waals surface area contributed by atoms with E-state index in [1.807, 2.05) is 77.7 Å². The molecule has 0 spiro atoms. The first-order valence-corrected chi connectivity index (χ1v) is 12.0. The number of amides is 1. The lowest BCUT2D eigenvalue weighted by Crippen LogP contribution is -2.17. The molecule has 8 heteroatoms. The molecule has 1 atom stereocenters. The summed E-state index contributed by atoms with van der Waals surface area (Å²) in [5.74, 6) is 2.06. The maximum atomic E-state index is 12.9. The lowest BCUT2D eigenvalue weighted by atomic mass is 10.1. The number of nitrogens with zero attached hydrogens (tertiary/aromatic N) is 1. The molecule has 2 aromatic carbocycles. The summed E-state index contributed by atoms with van der Waals surface area (Å²) in [5.41, 5.74) is 2.30. The summed E-state index contributed by atoms with van der Waals surface area (Å²) in [6.07, 6.45) is 1.17. The quantitative estimate of drug-likeness (QED) is 0.338. The van der Waals surface area contributed by atoms with Crippen LogP contribution in [0.15, 0.2) is 66.0 Å². The van der Waals surface area contributed by atoms with Crippen molar-refractivity contribution >= 4 is 45.6 Å². The molecule has 0 bridgehead atoms. The molecule has 1 fully saturated rings. The number of ether oxygens (including phenoxy) is 2. The molecule has 34 heavy (non-hydrogen) atoms. The number of carbonyl (C=O) groups excluding carboxylic acids is 1. The summed E-state index contributed by atoms with van der Waals surface area (Å²) in [6, 6.07) is 19.4. The number of hydrogen-bond donors (Lipinski definition) is 2. The number of benzene rings is 2. The zero-order chi connectivity index (χ0) is 22.6. The van der Waals surface area contributed by atoms with Gasteiger partial charge in [0.2, 0.25) is 0 Å². The summed E-state index contributed by atoms with van der Waals surface area (Å²) in [5, 5.41) is 9.52. The average Bonchev–Trinajstić information content (AvgIpc) is 3.58. The summed E-state index contributed by atoms with van der Waals surface area (Å²) in [6.45, 7) is 3.19. The second kappa shape index (κ2) is 11.0. The molecule has 4 aromatic rings. The number of anilines is 1. The Balaban J connectivity index is 0.00000274. The van der Waals surface area contributed by atoms with Gasteiger partial charge >= 0.3 is 0 Å². The largest absolute Gasteiger partial charge is 0.493 e. The van der Waals surface area contributed by atoms with Crippen molar-refractivity contribution in [2.75, 3.05) is 25.0 Å². The van der Waals surface area contributed by atoms with Gasteiger partial charge in [0.05, 0.1) is 6.61 Å². The van der Waals surface area contributed by atoms with Crippen LogP contribution in [0.2, 0.25) is 0 Å². The smallest absolute Gasteiger partial charge is 0.272 e. The highest BCUT2D eigenvalue weighted by Crippen LogP contribution is 2.26. The van der Waals surface area contributed by atoms with Gasteiger partial charge in [-0.15, -0.1) is 23.7 Å². The van der Waals surface area contributed by atoms with Crippen LogP contribution < -0.4 is 20.1 Å². The zero-order valence-electron chi connectivity index (χ0n) is 19.0. The Kier molecular flexibility index (Phi) is 7.77. The fraction of sp³-hybridized carbons (Fsp3) is 0.269. The van der Waals surface area contributed by atoms with E-state index in [9.17, 15) is 4.79 Å². The Morgan fingerprint density at radius 3 is 2.62 bits per heavy atom. The van der Waals surface area contributed by atoms with E-state index in [4.69, 9.17) is 9.47 Å². The second-order valence-electron chi connectivity index (χ2n) is 8.31. The minimum Gasteiger partial charge on any atom is -0.493 e. The van der Waals surface area contributed by atoms with Crippen LogP contribution in [-0.2, 0) is 13.7 Å². The van der Waals surface area contributed by atoms with Gasteiger partial charge in [-0.25, -0.2) is 0 Å². The van der Waals surface area contributed by atoms with Crippen molar-refractivity contribution in [3.05, 3.63) is 77.3 Å². The van der Waals surface area contributed by atoms with Gasteiger partial charge in [-0.05, 0) is 60.8 Å². The standard InChI is InChI=1S/C26H27N3O3S.ClH/c1-29-24(14-19-11-13-33-26(19)29)25(30)28-23-5-3-2-4-20(23)17-32-22-8-6-21(7-9-22)31-16-18-10-12-27-15-18;/h2-9,11,13-14,18,27H,10,12,15-17H2,1H3,(H,28,30);1H. The van der Waals surface area contributed by atoms with Gasteiger partial charge in [0.25, 0.3) is 5.91 Å². The topological polar surface area (TPSA) is 64.5 Å². The molecule has 0 saturated carbocycles. The molecule has 1 aliphatic rings. The van der Waals surface area contributed by atoms with E-state index in [2.05, 4.69) is 10.6 Å². The summed E-state index contributed by atoms with van der Waals surface area (Å²) in [7, 11) is 1.92. The number of carbonyl (C=O) groups is 1. The number of nitrogens with one attached hydrogen (secondary N) is 2. The average molecular weight is 498 g/mol. The normalized spacial score (nSPS) is 15.1. The van der Waals surface area contributed by atoms with Gasteiger partial charge in [0, 0.05) is 36.1 Å². The van der Waals surface area contributed by atoms with Crippen LogP contribution in [0.25, 0.3) is 10.2 Å². The van der Waals surface area contributed by atoms with Crippen molar-refractivity contribution in [2.45, 2.75) is 13.0 Å². The van der Waals surface area contributed by atoms with Crippen molar-refractivity contribution in [2.24, 2.45) is 13.0 Å². The van der Waals surface area contributed by atoms with Crippen LogP contribution in [0.1, 0.15) is 22.5 Å². The van der Waals surface area contributed by atoms with Crippen LogP contribution in [-0.4, -0.2) is 30.2 Å². The molecule has 5 rings (SSSR count). The van der Waals surface area contributed by atoms with Gasteiger partial charge in [-0.2, -0.15) is 0 Å². The Morgan fingerprint density at radius 2 is 1.88 bits per heavy atom. The number of rotatable bonds is 8. The summed E-state index contributed by atoms with van der Waals surface area (Å²) in [4.78, 5) is 14.0. The Labute approximate surface area is 209 Å². The van der Waals surface area contributed by atoms with Gasteiger partial charge in [-0.3, -0.25) is 4.79 Å². The van der Waals surface area contributed by atoms with Crippen molar-refractivity contribution in [3.8, 4) is 11.5 Å². The molecular formula is C26H28ClN3O3S. The third kappa shape index (κ3) is 5.38. The highest BCUT2D eigenvalue weighted by Gasteiger charge is 2.16. The Hall–Kier alpha value is -3.00. The summed E-state index contributed by atoms with van der Waals surface area (Å²) < 4.78 is 13.8. The predicted molar refractivity (Wildman–Crippen MR) is 140 cm³/mol. The molecule has 2 N–H and O–H groups in total. The van der Waals surface area contributed by atoms with E-state index < -0.39 is 0 Å². The fourth-order valence-electron chi connectivity index (χ4n) is 4.08. The van der Waals surface area contributed by atoms with Gasteiger partial charge in [0.1, 0.15) is 28.6 Å². The van der Waals surface area contributed by atoms with Crippen LogP contribution in [0, 0.1) is 5.92 Å². The molecule has 6 nitrogen and oxygen atoms in total. The van der Waals surface area contributed by atoms with Crippen molar-refractivity contribution < 1.29 is 14.3 Å². The minimum absolute atomic E-state index is 0. The highest BCUT2D eigenvalue weighted by molar-refractivity contribution is 7.16. The van der Waals surface area contributed by atoms with Crippen molar-refractivity contribution in [1.82, 2.24) is 9.88 Å². The van der Waals surface area contributed by atoms with E-state index in [-0.39, 0.29) is 18.3 Å². The number of hydrogen-bond acceptors (Lipinski definition) is 5. The van der Waals surface area contributed by atoms with Crippen molar-refractivity contribution in [3.63, 3.8) is 0 Å². The molecule has 0 radical (unpaired) electrons. The number of aromatic nitrogens is 1. The highest BCUT2D eigenvalue weighted by atomic mass is 35.5. The molecule has 3 heterocycles. The zero-order valence-corrected chi connectivity index (χ0v) is 20.6. The number of halogens is 1. The number of fused-ring (bicyclic) bond motifs is 1. The SMILES string of the molecule is Cl.Cn1c(C(=O)Nc2ccccc2COc2ccc(OCC3CCNC3)cc2)cc2ccsc21. The molecule has 1 aliphatic heterocycles. The molecule has 178 valence electrons. The van der Waals surface area contributed by atoms with Gasteiger partial charge in [0.15, 0.2) is 0 Å². The van der Waals surface area contributed by atoms with E-state index in [1.165, 1.54) is 6.42 Å². The first kappa shape index (κ1) is 24.1. The maximum Gasteiger partial charge on any atom is 0.272 e. The van der Waals surface area contributed by atoms with Crippen LogP contribution in [0.4, 0.5) is 5.69 Å². The van der Waals surface area contributed by atoms with Crippen LogP contribution >= 0.6 is 23.7 Å². The third-order valence-electron chi connectivity index (χ3n) is 6.00. The molecular weight excluding hydrogens is 470 g/mol.